The van der Waals surface area contributed by atoms with Crippen LogP contribution in [-0.4, -0.2) is 35.9 Å². The summed E-state index contributed by atoms with van der Waals surface area (Å²) in [6.07, 6.45) is -7.61. The first-order valence-electron chi connectivity index (χ1n) is 4.03. The van der Waals surface area contributed by atoms with Crippen LogP contribution in [0.25, 0.3) is 0 Å². The Morgan fingerprint density at radius 1 is 0.938 bits per heavy atom. The van der Waals surface area contributed by atoms with Crippen molar-refractivity contribution < 1.29 is 40.2 Å². The molecule has 16 heavy (non-hydrogen) atoms. The summed E-state index contributed by atoms with van der Waals surface area (Å²) in [4.78, 5) is 0. The highest BCUT2D eigenvalue weighted by molar-refractivity contribution is 4.97. The van der Waals surface area contributed by atoms with E-state index in [1.165, 1.54) is 0 Å². The fraction of sp³-hybridized carbons (Fsp3) is 1.00. The van der Waals surface area contributed by atoms with Crippen molar-refractivity contribution in [3.63, 3.8) is 0 Å². The minimum absolute atomic E-state index is 0.901. The van der Waals surface area contributed by atoms with Crippen molar-refractivity contribution in [1.29, 1.82) is 0 Å². The molecule has 0 aliphatic heterocycles. The van der Waals surface area contributed by atoms with Gasteiger partial charge in [0, 0.05) is 13.0 Å². The van der Waals surface area contributed by atoms with E-state index in [-0.39, 0.29) is 0 Å². The standard InChI is InChI=1S/C7H8F8O/c8-4(9)6(12,13)7(14,15)5(10,11)2-1-3-16/h4,16H,1-3H2. The van der Waals surface area contributed by atoms with Gasteiger partial charge in [0.1, 0.15) is 0 Å². The largest absolute Gasteiger partial charge is 0.396 e. The molecule has 0 spiro atoms. The van der Waals surface area contributed by atoms with Crippen LogP contribution in [0.15, 0.2) is 0 Å². The van der Waals surface area contributed by atoms with Gasteiger partial charge in [-0.1, -0.05) is 0 Å². The van der Waals surface area contributed by atoms with Crippen LogP contribution in [0.2, 0.25) is 0 Å². The first kappa shape index (κ1) is 15.4. The lowest BCUT2D eigenvalue weighted by Crippen LogP contribution is -2.57. The summed E-state index contributed by atoms with van der Waals surface area (Å²) in [6.45, 7) is -0.939. The number of hydrogen-bond donors (Lipinski definition) is 1. The number of hydrogen-bond acceptors (Lipinski definition) is 1. The normalized spacial score (nSPS) is 14.6. The van der Waals surface area contributed by atoms with E-state index in [1.807, 2.05) is 0 Å². The lowest BCUT2D eigenvalue weighted by molar-refractivity contribution is -0.339. The average Bonchev–Trinajstić information content (AvgIpc) is 2.13. The van der Waals surface area contributed by atoms with Gasteiger partial charge in [0.2, 0.25) is 0 Å². The number of alkyl halides is 8. The van der Waals surface area contributed by atoms with Gasteiger partial charge in [-0.2, -0.15) is 26.3 Å². The zero-order chi connectivity index (χ0) is 13.2. The molecule has 0 unspecified atom stereocenters. The highest BCUT2D eigenvalue weighted by Crippen LogP contribution is 2.50. The zero-order valence-corrected chi connectivity index (χ0v) is 7.67. The molecule has 0 saturated carbocycles. The molecule has 0 atom stereocenters. The lowest BCUT2D eigenvalue weighted by atomic mass is 10.0. The van der Waals surface area contributed by atoms with Gasteiger partial charge in [-0.3, -0.25) is 0 Å². The summed E-state index contributed by atoms with van der Waals surface area (Å²) in [7, 11) is 0. The molecule has 0 radical (unpaired) electrons. The number of rotatable bonds is 6. The maximum Gasteiger partial charge on any atom is 0.377 e. The molecule has 1 nitrogen and oxygen atoms in total. The molecule has 0 saturated heterocycles. The highest BCUT2D eigenvalue weighted by atomic mass is 19.4. The molecule has 0 bridgehead atoms. The fourth-order valence-electron chi connectivity index (χ4n) is 0.839. The topological polar surface area (TPSA) is 20.2 Å². The van der Waals surface area contributed by atoms with Crippen molar-refractivity contribution in [2.45, 2.75) is 37.0 Å². The number of aliphatic hydroxyl groups excluding tert-OH is 1. The Morgan fingerprint density at radius 3 is 1.69 bits per heavy atom. The number of halogens is 8. The van der Waals surface area contributed by atoms with E-state index in [0.29, 0.717) is 0 Å². The maximum absolute atomic E-state index is 12.6. The first-order valence-corrected chi connectivity index (χ1v) is 4.03. The molecule has 0 amide bonds. The van der Waals surface area contributed by atoms with Gasteiger partial charge < -0.3 is 5.11 Å². The van der Waals surface area contributed by atoms with E-state index in [1.54, 1.807) is 0 Å². The molecular weight excluding hydrogens is 252 g/mol. The van der Waals surface area contributed by atoms with Crippen LogP contribution in [0.4, 0.5) is 35.1 Å². The second-order valence-corrected chi connectivity index (χ2v) is 3.03. The smallest absolute Gasteiger partial charge is 0.377 e. The van der Waals surface area contributed by atoms with Crippen molar-refractivity contribution in [3.05, 3.63) is 0 Å². The van der Waals surface area contributed by atoms with Crippen LogP contribution in [0.1, 0.15) is 12.8 Å². The molecule has 0 fully saturated rings. The van der Waals surface area contributed by atoms with Gasteiger partial charge >= 0.3 is 24.2 Å². The quantitative estimate of drug-likeness (QED) is 0.728. The van der Waals surface area contributed by atoms with Gasteiger partial charge in [-0.15, -0.1) is 0 Å². The first-order chi connectivity index (χ1) is 7.00. The Kier molecular flexibility index (Phi) is 4.55. The van der Waals surface area contributed by atoms with Gasteiger partial charge in [-0.05, 0) is 6.42 Å². The molecule has 98 valence electrons. The van der Waals surface area contributed by atoms with E-state index in [2.05, 4.69) is 0 Å². The predicted octanol–water partition coefficient (Wildman–Crippen LogP) is 2.93. The zero-order valence-electron chi connectivity index (χ0n) is 7.67. The molecule has 0 heterocycles. The number of aliphatic hydroxyl groups is 1. The minimum Gasteiger partial charge on any atom is -0.396 e. The van der Waals surface area contributed by atoms with E-state index in [0.717, 1.165) is 0 Å². The van der Waals surface area contributed by atoms with E-state index in [4.69, 9.17) is 5.11 Å². The van der Waals surface area contributed by atoms with Gasteiger partial charge in [0.15, 0.2) is 0 Å². The summed E-state index contributed by atoms with van der Waals surface area (Å²) in [6, 6.07) is 0. The van der Waals surface area contributed by atoms with Crippen LogP contribution in [-0.2, 0) is 0 Å². The van der Waals surface area contributed by atoms with Crippen LogP contribution in [0.5, 0.6) is 0 Å². The Labute approximate surface area is 85.0 Å². The van der Waals surface area contributed by atoms with Crippen molar-refractivity contribution in [2.24, 2.45) is 0 Å². The SMILES string of the molecule is OCCCC(F)(F)C(F)(F)C(F)(F)C(F)F. The Morgan fingerprint density at radius 2 is 1.38 bits per heavy atom. The van der Waals surface area contributed by atoms with Crippen LogP contribution < -0.4 is 0 Å². The highest BCUT2D eigenvalue weighted by Gasteiger charge is 2.74. The van der Waals surface area contributed by atoms with Crippen molar-refractivity contribution in [1.82, 2.24) is 0 Å². The van der Waals surface area contributed by atoms with Crippen LogP contribution in [0, 0.1) is 0 Å². The van der Waals surface area contributed by atoms with E-state index >= 15 is 0 Å². The second kappa shape index (κ2) is 4.72. The Hall–Kier alpha value is -0.600. The monoisotopic (exact) mass is 260 g/mol. The third kappa shape index (κ3) is 2.55. The third-order valence-corrected chi connectivity index (χ3v) is 1.80. The molecule has 0 aromatic rings. The summed E-state index contributed by atoms with van der Waals surface area (Å²) in [5, 5.41) is 8.09. The molecule has 0 aromatic heterocycles. The Bertz CT molecular complexity index is 226. The average molecular weight is 260 g/mol. The molecular formula is C7H8F8O. The van der Waals surface area contributed by atoms with Crippen LogP contribution in [0.3, 0.4) is 0 Å². The van der Waals surface area contributed by atoms with Crippen molar-refractivity contribution >= 4 is 0 Å². The molecule has 1 N–H and O–H groups in total. The van der Waals surface area contributed by atoms with Crippen molar-refractivity contribution in [2.75, 3.05) is 6.61 Å². The van der Waals surface area contributed by atoms with Crippen LogP contribution >= 0.6 is 0 Å². The predicted molar refractivity (Wildman–Crippen MR) is 37.2 cm³/mol. The maximum atomic E-state index is 12.6. The fourth-order valence-corrected chi connectivity index (χ4v) is 0.839. The van der Waals surface area contributed by atoms with Gasteiger partial charge in [-0.25, -0.2) is 8.78 Å². The molecule has 0 rings (SSSR count). The summed E-state index contributed by atoms with van der Waals surface area (Å²) < 4.78 is 97.6. The van der Waals surface area contributed by atoms with Gasteiger partial charge in [0.05, 0.1) is 0 Å². The minimum atomic E-state index is -6.16. The van der Waals surface area contributed by atoms with E-state index < -0.39 is 43.6 Å². The van der Waals surface area contributed by atoms with Gasteiger partial charge in [0.25, 0.3) is 0 Å². The van der Waals surface area contributed by atoms with Crippen molar-refractivity contribution in [3.8, 4) is 0 Å². The summed E-state index contributed by atoms with van der Waals surface area (Å²) >= 11 is 0. The molecule has 0 aromatic carbocycles. The molecule has 9 heteroatoms. The van der Waals surface area contributed by atoms with E-state index in [9.17, 15) is 35.1 Å². The lowest BCUT2D eigenvalue weighted by Gasteiger charge is -2.32. The molecule has 0 aliphatic rings. The summed E-state index contributed by atoms with van der Waals surface area (Å²) in [5.41, 5.74) is 0. The third-order valence-electron chi connectivity index (χ3n) is 1.80. The second-order valence-electron chi connectivity index (χ2n) is 3.03. The molecule has 0 aliphatic carbocycles. The Balaban J connectivity index is 5.01. The summed E-state index contributed by atoms with van der Waals surface area (Å²) in [5.74, 6) is -17.6.